The summed E-state index contributed by atoms with van der Waals surface area (Å²) in [6.07, 6.45) is 0. The van der Waals surface area contributed by atoms with Gasteiger partial charge in [0.1, 0.15) is 0 Å². The molecule has 3 heteroatoms. The summed E-state index contributed by atoms with van der Waals surface area (Å²) in [6.45, 7) is 1.91. The molecule has 0 unspecified atom stereocenters. The van der Waals surface area contributed by atoms with Crippen LogP contribution >= 0.6 is 0 Å². The van der Waals surface area contributed by atoms with Gasteiger partial charge in [0.2, 0.25) is 0 Å². The SMILES string of the molecule is Cc1ccc2cc(NC(CO)CO)ccc2c1. The monoisotopic (exact) mass is 231 g/mol. The molecule has 0 atom stereocenters. The quantitative estimate of drug-likeness (QED) is 0.753. The second-order valence-corrected chi connectivity index (χ2v) is 4.27. The molecule has 90 valence electrons. The molecule has 2 aromatic carbocycles. The molecular formula is C14H17NO2. The number of anilines is 1. The van der Waals surface area contributed by atoms with Gasteiger partial charge in [-0.15, -0.1) is 0 Å². The van der Waals surface area contributed by atoms with Crippen LogP contribution in [-0.2, 0) is 0 Å². The molecule has 0 spiro atoms. The summed E-state index contributed by atoms with van der Waals surface area (Å²) in [6, 6.07) is 12.0. The predicted octanol–water partition coefficient (Wildman–Crippen LogP) is 1.91. The summed E-state index contributed by atoms with van der Waals surface area (Å²) in [4.78, 5) is 0. The summed E-state index contributed by atoms with van der Waals surface area (Å²) < 4.78 is 0. The van der Waals surface area contributed by atoms with E-state index < -0.39 is 0 Å². The molecule has 0 amide bonds. The van der Waals surface area contributed by atoms with Crippen molar-refractivity contribution in [3.8, 4) is 0 Å². The molecule has 0 aromatic heterocycles. The molecule has 0 saturated carbocycles. The molecule has 0 saturated heterocycles. The second-order valence-electron chi connectivity index (χ2n) is 4.27. The maximum absolute atomic E-state index is 9.01. The minimum absolute atomic E-state index is 0.0809. The van der Waals surface area contributed by atoms with Crippen LogP contribution in [0, 0.1) is 6.92 Å². The zero-order chi connectivity index (χ0) is 12.3. The molecule has 0 radical (unpaired) electrons. The first kappa shape index (κ1) is 11.9. The minimum Gasteiger partial charge on any atom is -0.394 e. The van der Waals surface area contributed by atoms with Crippen LogP contribution in [0.1, 0.15) is 5.56 Å². The molecule has 3 nitrogen and oxygen atoms in total. The summed E-state index contributed by atoms with van der Waals surface area (Å²) in [5.41, 5.74) is 2.15. The molecule has 0 aliphatic heterocycles. The number of hydrogen-bond acceptors (Lipinski definition) is 3. The molecule has 2 aromatic rings. The van der Waals surface area contributed by atoms with Gasteiger partial charge in [-0.05, 0) is 29.8 Å². The normalized spacial score (nSPS) is 11.1. The van der Waals surface area contributed by atoms with E-state index in [1.807, 2.05) is 18.2 Å². The van der Waals surface area contributed by atoms with Crippen LogP contribution in [0.4, 0.5) is 5.69 Å². The molecule has 0 aliphatic rings. The number of aliphatic hydroxyl groups excluding tert-OH is 2. The Morgan fingerprint density at radius 3 is 2.35 bits per heavy atom. The minimum atomic E-state index is -0.308. The smallest absolute Gasteiger partial charge is 0.0723 e. The van der Waals surface area contributed by atoms with Crippen LogP contribution < -0.4 is 5.32 Å². The first-order chi connectivity index (χ1) is 8.22. The van der Waals surface area contributed by atoms with Crippen molar-refractivity contribution in [1.29, 1.82) is 0 Å². The molecule has 2 rings (SSSR count). The van der Waals surface area contributed by atoms with Gasteiger partial charge in [-0.25, -0.2) is 0 Å². The molecule has 0 bridgehead atoms. The topological polar surface area (TPSA) is 52.5 Å². The Morgan fingerprint density at radius 2 is 1.65 bits per heavy atom. The van der Waals surface area contributed by atoms with Crippen LogP contribution in [-0.4, -0.2) is 29.5 Å². The van der Waals surface area contributed by atoms with E-state index in [2.05, 4.69) is 30.4 Å². The Morgan fingerprint density at radius 1 is 1.00 bits per heavy atom. The van der Waals surface area contributed by atoms with Crippen molar-refractivity contribution in [2.24, 2.45) is 0 Å². The highest BCUT2D eigenvalue weighted by molar-refractivity contribution is 5.86. The Hall–Kier alpha value is -1.58. The summed E-state index contributed by atoms with van der Waals surface area (Å²) >= 11 is 0. The van der Waals surface area contributed by atoms with Gasteiger partial charge < -0.3 is 15.5 Å². The van der Waals surface area contributed by atoms with Crippen LogP contribution in [0.15, 0.2) is 36.4 Å². The van der Waals surface area contributed by atoms with Gasteiger partial charge in [0.15, 0.2) is 0 Å². The number of aliphatic hydroxyl groups is 2. The van der Waals surface area contributed by atoms with Gasteiger partial charge in [-0.2, -0.15) is 0 Å². The van der Waals surface area contributed by atoms with Crippen molar-refractivity contribution in [2.75, 3.05) is 18.5 Å². The summed E-state index contributed by atoms with van der Waals surface area (Å²) in [5, 5.41) is 23.5. The van der Waals surface area contributed by atoms with E-state index in [1.54, 1.807) is 0 Å². The van der Waals surface area contributed by atoms with Crippen molar-refractivity contribution in [3.05, 3.63) is 42.0 Å². The summed E-state index contributed by atoms with van der Waals surface area (Å²) in [5.74, 6) is 0. The molecular weight excluding hydrogens is 214 g/mol. The lowest BCUT2D eigenvalue weighted by atomic mass is 10.1. The fourth-order valence-corrected chi connectivity index (χ4v) is 1.84. The molecule has 0 heterocycles. The van der Waals surface area contributed by atoms with Gasteiger partial charge in [0, 0.05) is 5.69 Å². The average molecular weight is 231 g/mol. The van der Waals surface area contributed by atoms with E-state index in [0.717, 1.165) is 11.1 Å². The Bertz CT molecular complexity index is 507. The number of nitrogens with one attached hydrogen (secondary N) is 1. The Labute approximate surface area is 101 Å². The van der Waals surface area contributed by atoms with Crippen LogP contribution in [0.25, 0.3) is 10.8 Å². The van der Waals surface area contributed by atoms with E-state index >= 15 is 0 Å². The maximum Gasteiger partial charge on any atom is 0.0723 e. The lowest BCUT2D eigenvalue weighted by Crippen LogP contribution is -2.27. The lowest BCUT2D eigenvalue weighted by Gasteiger charge is -2.15. The molecule has 0 fully saturated rings. The van der Waals surface area contributed by atoms with Gasteiger partial charge >= 0.3 is 0 Å². The lowest BCUT2D eigenvalue weighted by molar-refractivity contribution is 0.204. The van der Waals surface area contributed by atoms with E-state index in [4.69, 9.17) is 10.2 Å². The molecule has 17 heavy (non-hydrogen) atoms. The van der Waals surface area contributed by atoms with Gasteiger partial charge in [-0.1, -0.05) is 29.8 Å². The van der Waals surface area contributed by atoms with Crippen molar-refractivity contribution in [3.63, 3.8) is 0 Å². The van der Waals surface area contributed by atoms with Gasteiger partial charge in [0.25, 0.3) is 0 Å². The highest BCUT2D eigenvalue weighted by atomic mass is 16.3. The largest absolute Gasteiger partial charge is 0.394 e. The van der Waals surface area contributed by atoms with Crippen molar-refractivity contribution < 1.29 is 10.2 Å². The second kappa shape index (κ2) is 5.17. The van der Waals surface area contributed by atoms with E-state index in [0.29, 0.717) is 0 Å². The third kappa shape index (κ3) is 2.75. The zero-order valence-electron chi connectivity index (χ0n) is 9.85. The fraction of sp³-hybridized carbons (Fsp3) is 0.286. The van der Waals surface area contributed by atoms with Crippen molar-refractivity contribution in [2.45, 2.75) is 13.0 Å². The maximum atomic E-state index is 9.01. The van der Waals surface area contributed by atoms with E-state index in [9.17, 15) is 0 Å². The molecule has 0 aliphatic carbocycles. The number of hydrogen-bond donors (Lipinski definition) is 3. The van der Waals surface area contributed by atoms with Crippen molar-refractivity contribution in [1.82, 2.24) is 0 Å². The predicted molar refractivity (Wildman–Crippen MR) is 70.3 cm³/mol. The molecule has 3 N–H and O–H groups in total. The Kier molecular flexibility index (Phi) is 3.61. The van der Waals surface area contributed by atoms with E-state index in [-0.39, 0.29) is 19.3 Å². The fourth-order valence-electron chi connectivity index (χ4n) is 1.84. The standard InChI is InChI=1S/C14H17NO2/c1-10-2-3-12-7-13(5-4-11(12)6-10)15-14(8-16)9-17/h2-7,14-17H,8-9H2,1H3. The van der Waals surface area contributed by atoms with Gasteiger partial charge in [-0.3, -0.25) is 0 Å². The number of fused-ring (bicyclic) bond motifs is 1. The first-order valence-electron chi connectivity index (χ1n) is 5.71. The van der Waals surface area contributed by atoms with Crippen LogP contribution in [0.5, 0.6) is 0 Å². The highest BCUT2D eigenvalue weighted by Crippen LogP contribution is 2.20. The number of rotatable bonds is 4. The summed E-state index contributed by atoms with van der Waals surface area (Å²) in [7, 11) is 0. The van der Waals surface area contributed by atoms with Gasteiger partial charge in [0.05, 0.1) is 19.3 Å². The third-order valence-electron chi connectivity index (χ3n) is 2.81. The van der Waals surface area contributed by atoms with Crippen LogP contribution in [0.2, 0.25) is 0 Å². The van der Waals surface area contributed by atoms with Crippen molar-refractivity contribution >= 4 is 16.5 Å². The Balaban J connectivity index is 2.28. The van der Waals surface area contributed by atoms with E-state index in [1.165, 1.54) is 10.9 Å². The zero-order valence-corrected chi connectivity index (χ0v) is 9.85. The average Bonchev–Trinajstić information content (AvgIpc) is 2.36. The van der Waals surface area contributed by atoms with Crippen LogP contribution in [0.3, 0.4) is 0 Å². The first-order valence-corrected chi connectivity index (χ1v) is 5.71. The number of aryl methyl sites for hydroxylation is 1. The number of benzene rings is 2. The highest BCUT2D eigenvalue weighted by Gasteiger charge is 2.05. The third-order valence-corrected chi connectivity index (χ3v) is 2.81.